The molecule has 0 aromatic carbocycles. The Morgan fingerprint density at radius 2 is 2.05 bits per heavy atom. The molecule has 0 aliphatic heterocycles. The third-order valence-electron chi connectivity index (χ3n) is 3.09. The van der Waals surface area contributed by atoms with Gasteiger partial charge in [-0.05, 0) is 25.8 Å². The molecule has 1 rings (SSSR count). The van der Waals surface area contributed by atoms with Crippen molar-refractivity contribution in [3.8, 4) is 0 Å². The molecule has 1 atom stereocenters. The minimum Gasteiger partial charge on any atom is -0.312 e. The smallest absolute Gasteiger partial charge is 0.103 e. The van der Waals surface area contributed by atoms with Crippen LogP contribution in [0.4, 0.5) is 0 Å². The number of thioether (sulfide) groups is 1. The van der Waals surface area contributed by atoms with Gasteiger partial charge in [-0.3, -0.25) is 0 Å². The van der Waals surface area contributed by atoms with E-state index >= 15 is 0 Å². The maximum Gasteiger partial charge on any atom is 0.103 e. The summed E-state index contributed by atoms with van der Waals surface area (Å²) in [5.41, 5.74) is 1.33. The Hall–Kier alpha value is -0.0600. The lowest BCUT2D eigenvalue weighted by Gasteiger charge is -2.05. The molecule has 1 heterocycles. The van der Waals surface area contributed by atoms with Crippen molar-refractivity contribution < 1.29 is 0 Å². The van der Waals surface area contributed by atoms with Crippen molar-refractivity contribution in [3.05, 3.63) is 15.6 Å². The maximum absolute atomic E-state index is 4.84. The van der Waals surface area contributed by atoms with Gasteiger partial charge in [0, 0.05) is 22.4 Å². The summed E-state index contributed by atoms with van der Waals surface area (Å²) in [6, 6.07) is 0. The molecular formula is C15H28N2S2. The largest absolute Gasteiger partial charge is 0.312 e. The Morgan fingerprint density at radius 1 is 1.26 bits per heavy atom. The number of nitrogens with zero attached hydrogens (tertiary/aromatic N) is 1. The average Bonchev–Trinajstić information content (AvgIpc) is 2.79. The van der Waals surface area contributed by atoms with E-state index in [0.717, 1.165) is 30.5 Å². The second kappa shape index (κ2) is 9.78. The van der Waals surface area contributed by atoms with Crippen LogP contribution in [-0.2, 0) is 18.7 Å². The van der Waals surface area contributed by atoms with Gasteiger partial charge in [-0.1, -0.05) is 34.1 Å². The first-order valence-electron chi connectivity index (χ1n) is 7.50. The van der Waals surface area contributed by atoms with Crippen LogP contribution in [0, 0.1) is 0 Å². The molecule has 0 aliphatic rings. The second-order valence-electron chi connectivity index (χ2n) is 4.93. The highest BCUT2D eigenvalue weighted by Crippen LogP contribution is 2.26. The van der Waals surface area contributed by atoms with E-state index in [1.165, 1.54) is 34.8 Å². The van der Waals surface area contributed by atoms with E-state index in [0.29, 0.717) is 0 Å². The van der Waals surface area contributed by atoms with Crippen LogP contribution in [0.15, 0.2) is 0 Å². The van der Waals surface area contributed by atoms with Crippen LogP contribution < -0.4 is 5.32 Å². The molecule has 2 nitrogen and oxygen atoms in total. The maximum atomic E-state index is 4.84. The van der Waals surface area contributed by atoms with Gasteiger partial charge in [0.15, 0.2) is 0 Å². The summed E-state index contributed by atoms with van der Waals surface area (Å²) in [5, 5.41) is 5.55. The van der Waals surface area contributed by atoms with Gasteiger partial charge in [0.05, 0.1) is 5.69 Å². The Balaban J connectivity index is 2.59. The van der Waals surface area contributed by atoms with Crippen LogP contribution in [0.5, 0.6) is 0 Å². The van der Waals surface area contributed by atoms with Crippen molar-refractivity contribution in [1.29, 1.82) is 0 Å². The molecular weight excluding hydrogens is 272 g/mol. The molecule has 0 saturated carbocycles. The summed E-state index contributed by atoms with van der Waals surface area (Å²) in [4.78, 5) is 6.30. The van der Waals surface area contributed by atoms with Crippen molar-refractivity contribution >= 4 is 23.1 Å². The first-order chi connectivity index (χ1) is 9.21. The van der Waals surface area contributed by atoms with Gasteiger partial charge in [-0.15, -0.1) is 11.3 Å². The van der Waals surface area contributed by atoms with Crippen LogP contribution in [0.1, 0.15) is 62.5 Å². The fourth-order valence-electron chi connectivity index (χ4n) is 1.78. The standard InChI is InChI=1S/C15H28N2S2/c1-5-8-13-14(10-16-9-6-2)19-15(17-13)11-18-12(4)7-3/h12,16H,5-11H2,1-4H3. The van der Waals surface area contributed by atoms with Crippen molar-refractivity contribution in [2.45, 2.75) is 70.9 Å². The van der Waals surface area contributed by atoms with E-state index in [1.807, 2.05) is 23.1 Å². The zero-order chi connectivity index (χ0) is 14.1. The zero-order valence-corrected chi connectivity index (χ0v) is 14.4. The molecule has 0 saturated heterocycles. The summed E-state index contributed by atoms with van der Waals surface area (Å²) in [6.07, 6.45) is 4.73. The lowest BCUT2D eigenvalue weighted by atomic mass is 10.2. The molecule has 0 amide bonds. The predicted octanol–water partition coefficient (Wildman–Crippen LogP) is 4.63. The number of nitrogens with one attached hydrogen (secondary N) is 1. The third kappa shape index (κ3) is 6.28. The van der Waals surface area contributed by atoms with Gasteiger partial charge < -0.3 is 5.32 Å². The third-order valence-corrected chi connectivity index (χ3v) is 5.71. The molecule has 0 spiro atoms. The summed E-state index contributed by atoms with van der Waals surface area (Å²) >= 11 is 3.93. The predicted molar refractivity (Wildman–Crippen MR) is 89.2 cm³/mol. The van der Waals surface area contributed by atoms with Crippen LogP contribution in [0.3, 0.4) is 0 Å². The first kappa shape index (κ1) is 17.0. The van der Waals surface area contributed by atoms with Gasteiger partial charge in [-0.2, -0.15) is 11.8 Å². The topological polar surface area (TPSA) is 24.9 Å². The summed E-state index contributed by atoms with van der Waals surface area (Å²) in [7, 11) is 0. The number of aryl methyl sites for hydroxylation is 1. The molecule has 1 aromatic rings. The summed E-state index contributed by atoms with van der Waals surface area (Å²) in [5.74, 6) is 1.07. The SMILES string of the molecule is CCCNCc1sc(CSC(C)CC)nc1CCC. The van der Waals surface area contributed by atoms with Gasteiger partial charge in [0.25, 0.3) is 0 Å². The number of hydrogen-bond donors (Lipinski definition) is 1. The normalized spacial score (nSPS) is 12.8. The highest BCUT2D eigenvalue weighted by molar-refractivity contribution is 7.99. The molecule has 1 unspecified atom stereocenters. The zero-order valence-electron chi connectivity index (χ0n) is 12.8. The molecule has 0 fully saturated rings. The van der Waals surface area contributed by atoms with Gasteiger partial charge in [-0.25, -0.2) is 4.98 Å². The van der Waals surface area contributed by atoms with E-state index in [9.17, 15) is 0 Å². The van der Waals surface area contributed by atoms with E-state index in [1.54, 1.807) is 0 Å². The fourth-order valence-corrected chi connectivity index (χ4v) is 3.83. The van der Waals surface area contributed by atoms with E-state index < -0.39 is 0 Å². The molecule has 1 N–H and O–H groups in total. The Bertz CT molecular complexity index is 350. The van der Waals surface area contributed by atoms with Crippen molar-refractivity contribution in [2.24, 2.45) is 0 Å². The highest BCUT2D eigenvalue weighted by Gasteiger charge is 2.11. The minimum atomic E-state index is 0.736. The molecule has 0 aliphatic carbocycles. The number of aromatic nitrogens is 1. The lowest BCUT2D eigenvalue weighted by molar-refractivity contribution is 0.674. The van der Waals surface area contributed by atoms with E-state index in [-0.39, 0.29) is 0 Å². The quantitative estimate of drug-likeness (QED) is 0.638. The van der Waals surface area contributed by atoms with Crippen LogP contribution >= 0.6 is 23.1 Å². The fraction of sp³-hybridized carbons (Fsp3) is 0.800. The molecule has 1 aromatic heterocycles. The second-order valence-corrected chi connectivity index (χ2v) is 7.53. The van der Waals surface area contributed by atoms with Gasteiger partial charge >= 0.3 is 0 Å². The number of rotatable bonds is 10. The Kier molecular flexibility index (Phi) is 8.75. The summed E-state index contributed by atoms with van der Waals surface area (Å²) < 4.78 is 0. The average molecular weight is 301 g/mol. The van der Waals surface area contributed by atoms with Gasteiger partial charge in [0.2, 0.25) is 0 Å². The van der Waals surface area contributed by atoms with Crippen LogP contribution in [-0.4, -0.2) is 16.8 Å². The summed E-state index contributed by atoms with van der Waals surface area (Å²) in [6.45, 7) is 11.1. The molecule has 110 valence electrons. The van der Waals surface area contributed by atoms with Crippen molar-refractivity contribution in [1.82, 2.24) is 10.3 Å². The highest BCUT2D eigenvalue weighted by atomic mass is 32.2. The number of hydrogen-bond acceptors (Lipinski definition) is 4. The first-order valence-corrected chi connectivity index (χ1v) is 9.37. The lowest BCUT2D eigenvalue weighted by Crippen LogP contribution is -2.13. The van der Waals surface area contributed by atoms with E-state index in [2.05, 4.69) is 33.0 Å². The molecule has 0 radical (unpaired) electrons. The van der Waals surface area contributed by atoms with E-state index in [4.69, 9.17) is 4.98 Å². The van der Waals surface area contributed by atoms with Crippen LogP contribution in [0.25, 0.3) is 0 Å². The number of thiazole rings is 1. The van der Waals surface area contributed by atoms with Crippen LogP contribution in [0.2, 0.25) is 0 Å². The molecule has 19 heavy (non-hydrogen) atoms. The van der Waals surface area contributed by atoms with Crippen molar-refractivity contribution in [2.75, 3.05) is 6.54 Å². The van der Waals surface area contributed by atoms with Crippen molar-refractivity contribution in [3.63, 3.8) is 0 Å². The Morgan fingerprint density at radius 3 is 2.68 bits per heavy atom. The Labute approximate surface area is 126 Å². The molecule has 0 bridgehead atoms. The van der Waals surface area contributed by atoms with Gasteiger partial charge in [0.1, 0.15) is 5.01 Å². The monoisotopic (exact) mass is 300 g/mol. The molecule has 4 heteroatoms. The minimum absolute atomic E-state index is 0.736.